The van der Waals surface area contributed by atoms with Crippen LogP contribution in [-0.4, -0.2) is 16.9 Å². The molecule has 1 aromatic rings. The number of carbonyl (C=O) groups excluding carboxylic acids is 1. The lowest BCUT2D eigenvalue weighted by molar-refractivity contribution is -0.122. The van der Waals surface area contributed by atoms with Crippen LogP contribution in [0.15, 0.2) is 18.2 Å². The molecule has 0 spiro atoms. The fourth-order valence-corrected chi connectivity index (χ4v) is 1.04. The monoisotopic (exact) mass is 193 g/mol. The van der Waals surface area contributed by atoms with Gasteiger partial charge in [0.15, 0.2) is 0 Å². The molecule has 1 aromatic heterocycles. The Morgan fingerprint density at radius 3 is 2.93 bits per heavy atom. The average molecular weight is 193 g/mol. The lowest BCUT2D eigenvalue weighted by Gasteiger charge is -2.07. The summed E-state index contributed by atoms with van der Waals surface area (Å²) < 4.78 is 0. The molecule has 0 saturated carbocycles. The van der Waals surface area contributed by atoms with Crippen LogP contribution in [0.5, 0.6) is 0 Å². The van der Waals surface area contributed by atoms with Crippen LogP contribution in [0.3, 0.4) is 0 Å². The molecule has 4 heteroatoms. The molecule has 0 aliphatic heterocycles. The predicted molar refractivity (Wildman–Crippen MR) is 54.5 cm³/mol. The number of aromatic nitrogens is 1. The van der Waals surface area contributed by atoms with Crippen molar-refractivity contribution in [2.45, 2.75) is 26.4 Å². The van der Waals surface area contributed by atoms with Crippen LogP contribution in [0.2, 0.25) is 0 Å². The molecule has 1 amide bonds. The number of nitrogens with one attached hydrogen (secondary N) is 1. The van der Waals surface area contributed by atoms with Gasteiger partial charge in [0.1, 0.15) is 0 Å². The number of nitrogens with zero attached hydrogens (tertiary/aromatic N) is 1. The van der Waals surface area contributed by atoms with E-state index in [1.54, 1.807) is 6.92 Å². The number of aryl methyl sites for hydroxylation is 1. The number of pyridine rings is 1. The smallest absolute Gasteiger partial charge is 0.236 e. The Bertz CT molecular complexity index is 323. The van der Waals surface area contributed by atoms with Crippen LogP contribution in [0, 0.1) is 6.92 Å². The fourth-order valence-electron chi connectivity index (χ4n) is 1.04. The highest BCUT2D eigenvalue weighted by Crippen LogP contribution is 1.97. The van der Waals surface area contributed by atoms with Crippen LogP contribution < -0.4 is 11.1 Å². The van der Waals surface area contributed by atoms with Crippen molar-refractivity contribution in [3.63, 3.8) is 0 Å². The van der Waals surface area contributed by atoms with Crippen molar-refractivity contribution in [1.82, 2.24) is 10.3 Å². The molecule has 0 bridgehead atoms. The highest BCUT2D eigenvalue weighted by atomic mass is 16.2. The predicted octanol–water partition coefficient (Wildman–Crippen LogP) is 0.353. The second-order valence-corrected chi connectivity index (χ2v) is 3.28. The van der Waals surface area contributed by atoms with Crippen molar-refractivity contribution < 1.29 is 4.79 Å². The number of rotatable bonds is 3. The number of nitrogens with two attached hydrogens (primary N) is 1. The summed E-state index contributed by atoms with van der Waals surface area (Å²) in [7, 11) is 0. The number of carbonyl (C=O) groups is 1. The third-order valence-corrected chi connectivity index (χ3v) is 1.80. The van der Waals surface area contributed by atoms with Crippen molar-refractivity contribution >= 4 is 5.91 Å². The fraction of sp³-hybridized carbons (Fsp3) is 0.400. The molecular weight excluding hydrogens is 178 g/mol. The molecule has 0 fully saturated rings. The molecule has 0 saturated heterocycles. The summed E-state index contributed by atoms with van der Waals surface area (Å²) in [5.41, 5.74) is 7.19. The van der Waals surface area contributed by atoms with E-state index in [1.165, 1.54) is 0 Å². The van der Waals surface area contributed by atoms with Crippen molar-refractivity contribution in [1.29, 1.82) is 0 Å². The van der Waals surface area contributed by atoms with Gasteiger partial charge in [-0.25, -0.2) is 0 Å². The summed E-state index contributed by atoms with van der Waals surface area (Å²) >= 11 is 0. The van der Waals surface area contributed by atoms with Gasteiger partial charge in [-0.2, -0.15) is 0 Å². The van der Waals surface area contributed by atoms with Crippen molar-refractivity contribution in [2.75, 3.05) is 0 Å². The molecule has 0 aliphatic carbocycles. The highest BCUT2D eigenvalue weighted by Gasteiger charge is 2.06. The molecule has 1 atom stereocenters. The molecule has 0 unspecified atom stereocenters. The second kappa shape index (κ2) is 4.72. The maximum absolute atomic E-state index is 11.1. The van der Waals surface area contributed by atoms with E-state index in [4.69, 9.17) is 5.73 Å². The van der Waals surface area contributed by atoms with Gasteiger partial charge in [0, 0.05) is 5.69 Å². The van der Waals surface area contributed by atoms with Gasteiger partial charge in [0.25, 0.3) is 0 Å². The first-order valence-electron chi connectivity index (χ1n) is 4.55. The van der Waals surface area contributed by atoms with E-state index in [9.17, 15) is 4.79 Å². The van der Waals surface area contributed by atoms with Crippen LogP contribution in [0.25, 0.3) is 0 Å². The molecule has 3 N–H and O–H groups in total. The first-order chi connectivity index (χ1) is 6.59. The second-order valence-electron chi connectivity index (χ2n) is 3.28. The number of hydrogen-bond acceptors (Lipinski definition) is 3. The average Bonchev–Trinajstić information content (AvgIpc) is 2.14. The minimum Gasteiger partial charge on any atom is -0.349 e. The summed E-state index contributed by atoms with van der Waals surface area (Å²) in [4.78, 5) is 15.4. The van der Waals surface area contributed by atoms with Gasteiger partial charge in [-0.05, 0) is 26.0 Å². The van der Waals surface area contributed by atoms with Crippen molar-refractivity contribution in [2.24, 2.45) is 5.73 Å². The first kappa shape index (κ1) is 10.7. The first-order valence-corrected chi connectivity index (χ1v) is 4.55. The molecule has 1 rings (SSSR count). The third-order valence-electron chi connectivity index (χ3n) is 1.80. The zero-order valence-electron chi connectivity index (χ0n) is 8.45. The van der Waals surface area contributed by atoms with E-state index in [2.05, 4.69) is 10.3 Å². The van der Waals surface area contributed by atoms with E-state index in [1.807, 2.05) is 25.1 Å². The van der Waals surface area contributed by atoms with E-state index in [0.717, 1.165) is 11.4 Å². The summed E-state index contributed by atoms with van der Waals surface area (Å²) in [5.74, 6) is -0.159. The Labute approximate surface area is 83.5 Å². The largest absolute Gasteiger partial charge is 0.349 e. The Balaban J connectivity index is 2.50. The molecule has 0 aliphatic rings. The summed E-state index contributed by atoms with van der Waals surface area (Å²) in [6.07, 6.45) is 0. The van der Waals surface area contributed by atoms with Crippen LogP contribution in [0.4, 0.5) is 0 Å². The SMILES string of the molecule is Cc1cccc(CNC(=O)[C@@H](C)N)n1. The maximum atomic E-state index is 11.1. The van der Waals surface area contributed by atoms with Crippen molar-refractivity contribution in [3.05, 3.63) is 29.6 Å². The van der Waals surface area contributed by atoms with Crippen LogP contribution >= 0.6 is 0 Å². The van der Waals surface area contributed by atoms with Gasteiger partial charge in [-0.1, -0.05) is 6.07 Å². The molecule has 14 heavy (non-hydrogen) atoms. The zero-order valence-corrected chi connectivity index (χ0v) is 8.45. The van der Waals surface area contributed by atoms with Gasteiger partial charge >= 0.3 is 0 Å². The molecule has 0 aromatic carbocycles. The van der Waals surface area contributed by atoms with E-state index >= 15 is 0 Å². The standard InChI is InChI=1S/C10H15N3O/c1-7-4-3-5-9(13-7)6-12-10(14)8(2)11/h3-5,8H,6,11H2,1-2H3,(H,12,14)/t8-/m1/s1. The molecular formula is C10H15N3O. The number of hydrogen-bond donors (Lipinski definition) is 2. The van der Waals surface area contributed by atoms with Gasteiger partial charge in [-0.3, -0.25) is 9.78 Å². The molecule has 76 valence electrons. The third kappa shape index (κ3) is 3.14. The number of amides is 1. The van der Waals surface area contributed by atoms with Gasteiger partial charge in [0.05, 0.1) is 18.3 Å². The summed E-state index contributed by atoms with van der Waals surface area (Å²) in [6.45, 7) is 4.00. The quantitative estimate of drug-likeness (QED) is 0.728. The molecule has 0 radical (unpaired) electrons. The summed E-state index contributed by atoms with van der Waals surface area (Å²) in [6, 6.07) is 5.22. The summed E-state index contributed by atoms with van der Waals surface area (Å²) in [5, 5.41) is 2.70. The Kier molecular flexibility index (Phi) is 3.59. The lowest BCUT2D eigenvalue weighted by Crippen LogP contribution is -2.37. The maximum Gasteiger partial charge on any atom is 0.236 e. The van der Waals surface area contributed by atoms with E-state index < -0.39 is 6.04 Å². The minimum atomic E-state index is -0.472. The Hall–Kier alpha value is -1.42. The van der Waals surface area contributed by atoms with Crippen LogP contribution in [-0.2, 0) is 11.3 Å². The van der Waals surface area contributed by atoms with E-state index in [0.29, 0.717) is 6.54 Å². The Morgan fingerprint density at radius 2 is 2.36 bits per heavy atom. The van der Waals surface area contributed by atoms with Gasteiger partial charge < -0.3 is 11.1 Å². The lowest BCUT2D eigenvalue weighted by atomic mass is 10.3. The molecule has 1 heterocycles. The Morgan fingerprint density at radius 1 is 1.64 bits per heavy atom. The van der Waals surface area contributed by atoms with E-state index in [-0.39, 0.29) is 5.91 Å². The van der Waals surface area contributed by atoms with Gasteiger partial charge in [0.2, 0.25) is 5.91 Å². The normalized spacial score (nSPS) is 12.2. The highest BCUT2D eigenvalue weighted by molar-refractivity contribution is 5.80. The van der Waals surface area contributed by atoms with Crippen molar-refractivity contribution in [3.8, 4) is 0 Å². The van der Waals surface area contributed by atoms with Crippen LogP contribution in [0.1, 0.15) is 18.3 Å². The zero-order chi connectivity index (χ0) is 10.6. The molecule has 4 nitrogen and oxygen atoms in total. The minimum absolute atomic E-state index is 0.159. The van der Waals surface area contributed by atoms with Gasteiger partial charge in [-0.15, -0.1) is 0 Å². The topological polar surface area (TPSA) is 68.0 Å².